The third-order valence-corrected chi connectivity index (χ3v) is 4.20. The second-order valence-electron chi connectivity index (χ2n) is 5.53. The highest BCUT2D eigenvalue weighted by Crippen LogP contribution is 2.29. The number of nitrogens with one attached hydrogen (secondary N) is 1. The number of benzene rings is 2. The van der Waals surface area contributed by atoms with Crippen LogP contribution in [0.25, 0.3) is 0 Å². The molecule has 3 rings (SSSR count). The fourth-order valence-electron chi connectivity index (χ4n) is 2.61. The lowest BCUT2D eigenvalue weighted by atomic mass is 10.1. The summed E-state index contributed by atoms with van der Waals surface area (Å²) < 4.78 is 19.2. The Bertz CT molecular complexity index is 845. The molecule has 0 aliphatic carbocycles. The lowest BCUT2D eigenvalue weighted by molar-refractivity contribution is 0.102. The molecule has 0 radical (unpaired) electrons. The van der Waals surface area contributed by atoms with Crippen molar-refractivity contribution in [1.82, 2.24) is 0 Å². The first-order valence-electron chi connectivity index (χ1n) is 7.72. The van der Waals surface area contributed by atoms with Crippen molar-refractivity contribution in [2.24, 2.45) is 0 Å². The molecule has 0 spiro atoms. The van der Waals surface area contributed by atoms with Gasteiger partial charge in [0, 0.05) is 18.8 Å². The lowest BCUT2D eigenvalue weighted by Crippen LogP contribution is -2.36. The van der Waals surface area contributed by atoms with E-state index in [4.69, 9.17) is 21.6 Å². The monoisotopic (exact) mass is 359 g/mol. The van der Waals surface area contributed by atoms with Gasteiger partial charge in [-0.25, -0.2) is 4.39 Å². The van der Waals surface area contributed by atoms with Crippen molar-refractivity contribution in [1.29, 1.82) is 5.26 Å². The Balaban J connectivity index is 1.75. The van der Waals surface area contributed by atoms with Crippen LogP contribution in [-0.2, 0) is 4.74 Å². The number of halogens is 2. The fourth-order valence-corrected chi connectivity index (χ4v) is 2.91. The number of rotatable bonds is 3. The zero-order chi connectivity index (χ0) is 17.8. The van der Waals surface area contributed by atoms with Crippen LogP contribution < -0.4 is 10.2 Å². The van der Waals surface area contributed by atoms with Gasteiger partial charge in [-0.1, -0.05) is 11.6 Å². The number of hydrogen-bond donors (Lipinski definition) is 1. The molecular weight excluding hydrogens is 345 g/mol. The molecule has 2 aromatic rings. The normalized spacial score (nSPS) is 14.0. The molecule has 1 N–H and O–H groups in total. The van der Waals surface area contributed by atoms with Gasteiger partial charge in [-0.15, -0.1) is 0 Å². The van der Waals surface area contributed by atoms with Crippen LogP contribution in [0.2, 0.25) is 5.02 Å². The molecule has 1 aliphatic rings. The van der Waals surface area contributed by atoms with Gasteiger partial charge < -0.3 is 15.0 Å². The zero-order valence-electron chi connectivity index (χ0n) is 13.3. The molecule has 128 valence electrons. The highest BCUT2D eigenvalue weighted by molar-refractivity contribution is 6.33. The fraction of sp³-hybridized carbons (Fsp3) is 0.222. The largest absolute Gasteiger partial charge is 0.378 e. The van der Waals surface area contributed by atoms with Gasteiger partial charge in [0.25, 0.3) is 5.91 Å². The van der Waals surface area contributed by atoms with Crippen molar-refractivity contribution in [3.05, 3.63) is 58.4 Å². The van der Waals surface area contributed by atoms with E-state index in [0.29, 0.717) is 23.9 Å². The molecule has 1 saturated heterocycles. The molecule has 25 heavy (non-hydrogen) atoms. The maximum atomic E-state index is 13.9. The number of carbonyl (C=O) groups excluding carboxylic acids is 1. The van der Waals surface area contributed by atoms with E-state index in [0.717, 1.165) is 24.8 Å². The van der Waals surface area contributed by atoms with Gasteiger partial charge in [-0.05, 0) is 36.4 Å². The molecule has 0 atom stereocenters. The van der Waals surface area contributed by atoms with Gasteiger partial charge in [-0.3, -0.25) is 4.79 Å². The first-order chi connectivity index (χ1) is 12.1. The number of nitrogens with zero attached hydrogens (tertiary/aromatic N) is 2. The first kappa shape index (κ1) is 17.2. The van der Waals surface area contributed by atoms with Gasteiger partial charge in [0.05, 0.1) is 41.1 Å². The second-order valence-corrected chi connectivity index (χ2v) is 5.93. The summed E-state index contributed by atoms with van der Waals surface area (Å²) in [5.74, 6) is -1.34. The van der Waals surface area contributed by atoms with E-state index < -0.39 is 11.7 Å². The summed E-state index contributed by atoms with van der Waals surface area (Å²) in [5.41, 5.74) is 1.36. The van der Waals surface area contributed by atoms with E-state index in [9.17, 15) is 9.18 Å². The van der Waals surface area contributed by atoms with Gasteiger partial charge in [-0.2, -0.15) is 5.26 Å². The summed E-state index contributed by atoms with van der Waals surface area (Å²) in [6.45, 7) is 2.79. The van der Waals surface area contributed by atoms with Gasteiger partial charge in [0.1, 0.15) is 5.82 Å². The molecule has 1 heterocycles. The number of ether oxygens (including phenoxy) is 1. The van der Waals surface area contributed by atoms with Crippen LogP contribution in [0.1, 0.15) is 15.9 Å². The Morgan fingerprint density at radius 2 is 2.00 bits per heavy atom. The van der Waals surface area contributed by atoms with Crippen molar-refractivity contribution in [3.63, 3.8) is 0 Å². The van der Waals surface area contributed by atoms with Crippen molar-refractivity contribution in [2.45, 2.75) is 0 Å². The lowest BCUT2D eigenvalue weighted by Gasteiger charge is -2.29. The molecule has 0 aromatic heterocycles. The van der Waals surface area contributed by atoms with Crippen LogP contribution >= 0.6 is 11.6 Å². The number of hydrogen-bond acceptors (Lipinski definition) is 4. The van der Waals surface area contributed by atoms with Gasteiger partial charge in [0.15, 0.2) is 0 Å². The standard InChI is InChI=1S/C18H15ClFN3O2/c19-15-10-13(2-4-17(15)23-5-7-25-8-6-23)22-18(24)14-3-1-12(11-21)9-16(14)20/h1-4,9-10H,5-8H2,(H,22,24). The maximum absolute atomic E-state index is 13.9. The highest BCUT2D eigenvalue weighted by Gasteiger charge is 2.16. The third kappa shape index (κ3) is 3.90. The summed E-state index contributed by atoms with van der Waals surface area (Å²) in [5, 5.41) is 11.9. The molecule has 0 unspecified atom stereocenters. The molecule has 1 fully saturated rings. The number of carbonyl (C=O) groups is 1. The summed E-state index contributed by atoms with van der Waals surface area (Å²) in [4.78, 5) is 14.3. The molecule has 0 bridgehead atoms. The molecule has 0 saturated carbocycles. The molecule has 1 aliphatic heterocycles. The van der Waals surface area contributed by atoms with Crippen LogP contribution in [-0.4, -0.2) is 32.2 Å². The van der Waals surface area contributed by atoms with Crippen molar-refractivity contribution >= 4 is 28.9 Å². The summed E-state index contributed by atoms with van der Waals surface area (Å²) in [6.07, 6.45) is 0. The minimum Gasteiger partial charge on any atom is -0.378 e. The Hall–Kier alpha value is -2.62. The van der Waals surface area contributed by atoms with Crippen LogP contribution in [0.5, 0.6) is 0 Å². The van der Waals surface area contributed by atoms with E-state index in [1.54, 1.807) is 12.1 Å². The Kier molecular flexibility index (Phi) is 5.17. The number of anilines is 2. The van der Waals surface area contributed by atoms with E-state index >= 15 is 0 Å². The number of amides is 1. The Morgan fingerprint density at radius 3 is 2.64 bits per heavy atom. The molecule has 2 aromatic carbocycles. The Labute approximate surface area is 149 Å². The number of morpholine rings is 1. The molecule has 7 heteroatoms. The van der Waals surface area contributed by atoms with E-state index in [1.165, 1.54) is 12.1 Å². The molecular formula is C18H15ClFN3O2. The minimum absolute atomic E-state index is 0.132. The molecule has 1 amide bonds. The van der Waals surface area contributed by atoms with Crippen LogP contribution in [0.3, 0.4) is 0 Å². The van der Waals surface area contributed by atoms with Gasteiger partial charge in [0.2, 0.25) is 0 Å². The van der Waals surface area contributed by atoms with Crippen LogP contribution in [0, 0.1) is 17.1 Å². The van der Waals surface area contributed by atoms with Crippen LogP contribution in [0.4, 0.5) is 15.8 Å². The third-order valence-electron chi connectivity index (χ3n) is 3.90. The van der Waals surface area contributed by atoms with E-state index in [2.05, 4.69) is 10.2 Å². The first-order valence-corrected chi connectivity index (χ1v) is 8.09. The summed E-state index contributed by atoms with van der Waals surface area (Å²) >= 11 is 6.32. The van der Waals surface area contributed by atoms with Gasteiger partial charge >= 0.3 is 0 Å². The minimum atomic E-state index is -0.743. The zero-order valence-corrected chi connectivity index (χ0v) is 14.0. The second kappa shape index (κ2) is 7.51. The quantitative estimate of drug-likeness (QED) is 0.911. The molecule has 5 nitrogen and oxygen atoms in total. The van der Waals surface area contributed by atoms with Crippen molar-refractivity contribution in [2.75, 3.05) is 36.5 Å². The summed E-state index contributed by atoms with van der Waals surface area (Å²) in [6, 6.07) is 10.7. The van der Waals surface area contributed by atoms with E-state index in [-0.39, 0.29) is 11.1 Å². The predicted molar refractivity (Wildman–Crippen MR) is 93.6 cm³/mol. The topological polar surface area (TPSA) is 65.4 Å². The smallest absolute Gasteiger partial charge is 0.258 e. The van der Waals surface area contributed by atoms with Crippen molar-refractivity contribution < 1.29 is 13.9 Å². The maximum Gasteiger partial charge on any atom is 0.258 e. The average Bonchev–Trinajstić information content (AvgIpc) is 2.62. The highest BCUT2D eigenvalue weighted by atomic mass is 35.5. The Morgan fingerprint density at radius 1 is 1.24 bits per heavy atom. The number of nitriles is 1. The summed E-state index contributed by atoms with van der Waals surface area (Å²) in [7, 11) is 0. The van der Waals surface area contributed by atoms with Crippen LogP contribution in [0.15, 0.2) is 36.4 Å². The average molecular weight is 360 g/mol. The van der Waals surface area contributed by atoms with Crippen molar-refractivity contribution in [3.8, 4) is 6.07 Å². The van der Waals surface area contributed by atoms with E-state index in [1.807, 2.05) is 12.1 Å². The SMILES string of the molecule is N#Cc1ccc(C(=O)Nc2ccc(N3CCOCC3)c(Cl)c2)c(F)c1. The predicted octanol–water partition coefficient (Wildman–Crippen LogP) is 3.44.